The first-order valence-corrected chi connectivity index (χ1v) is 6.51. The number of hydrogen-bond donors (Lipinski definition) is 0. The lowest BCUT2D eigenvalue weighted by molar-refractivity contribution is 0.710. The van der Waals surface area contributed by atoms with Crippen molar-refractivity contribution in [1.29, 1.82) is 0 Å². The highest BCUT2D eigenvalue weighted by Crippen LogP contribution is 2.12. The number of nitrogens with zero attached hydrogens (tertiary/aromatic N) is 2. The molecule has 0 aliphatic heterocycles. The minimum Gasteiger partial charge on any atom is -0.305 e. The first kappa shape index (κ1) is 13.5. The number of rotatable bonds is 3. The molecule has 0 aliphatic rings. The van der Waals surface area contributed by atoms with Gasteiger partial charge in [0.05, 0.1) is 0 Å². The first-order valence-electron chi connectivity index (χ1n) is 5.71. The average molecular weight is 321 g/mol. The molecule has 0 N–H and O–H groups in total. The smallest absolute Gasteiger partial charge is 0.305 e. The summed E-state index contributed by atoms with van der Waals surface area (Å²) in [6.45, 7) is 5.91. The molecule has 19 heavy (non-hydrogen) atoms. The molecule has 0 saturated carbocycles. The molecule has 1 aromatic carbocycles. The molecule has 0 spiro atoms. The zero-order valence-corrected chi connectivity index (χ0v) is 12.1. The molecule has 1 aromatic heterocycles. The summed E-state index contributed by atoms with van der Waals surface area (Å²) in [4.78, 5) is 24.0. The van der Waals surface area contributed by atoms with Gasteiger partial charge >= 0.3 is 11.1 Å². The van der Waals surface area contributed by atoms with Crippen molar-refractivity contribution in [3.8, 4) is 5.69 Å². The van der Waals surface area contributed by atoms with Gasteiger partial charge in [0.1, 0.15) is 0 Å². The Balaban J connectivity index is 2.53. The van der Waals surface area contributed by atoms with E-state index in [0.29, 0.717) is 12.2 Å². The molecule has 0 unspecified atom stereocenters. The van der Waals surface area contributed by atoms with Crippen LogP contribution in [0.4, 0.5) is 0 Å². The van der Waals surface area contributed by atoms with Crippen LogP contribution in [0.3, 0.4) is 0 Å². The van der Waals surface area contributed by atoms with Crippen molar-refractivity contribution >= 4 is 15.9 Å². The summed E-state index contributed by atoms with van der Waals surface area (Å²) in [7, 11) is 0. The van der Waals surface area contributed by atoms with Crippen molar-refractivity contribution in [3.05, 3.63) is 74.0 Å². The highest BCUT2D eigenvalue weighted by atomic mass is 79.9. The lowest BCUT2D eigenvalue weighted by Crippen LogP contribution is -2.40. The van der Waals surface area contributed by atoms with Crippen molar-refractivity contribution < 1.29 is 0 Å². The third-order valence-corrected chi connectivity index (χ3v) is 3.13. The van der Waals surface area contributed by atoms with Gasteiger partial charge in [-0.25, -0.2) is 0 Å². The quantitative estimate of drug-likeness (QED) is 0.643. The highest BCUT2D eigenvalue weighted by Gasteiger charge is 2.06. The van der Waals surface area contributed by atoms with E-state index in [0.717, 1.165) is 10.0 Å². The molecule has 0 amide bonds. The van der Waals surface area contributed by atoms with Gasteiger partial charge in [-0.3, -0.25) is 14.2 Å². The second-order valence-electron chi connectivity index (χ2n) is 4.34. The molecule has 4 nitrogen and oxygen atoms in total. The largest absolute Gasteiger partial charge is 0.320 e. The van der Waals surface area contributed by atoms with Crippen molar-refractivity contribution in [2.45, 2.75) is 13.5 Å². The molecule has 0 aliphatic carbocycles. The van der Waals surface area contributed by atoms with Gasteiger partial charge in [-0.15, -0.1) is 0 Å². The van der Waals surface area contributed by atoms with Gasteiger partial charge < -0.3 is 4.57 Å². The fraction of sp³-hybridized carbons (Fsp3) is 0.143. The highest BCUT2D eigenvalue weighted by molar-refractivity contribution is 9.10. The number of benzene rings is 1. The molecule has 0 fully saturated rings. The zero-order chi connectivity index (χ0) is 14.0. The second kappa shape index (κ2) is 5.40. The molecular weight excluding hydrogens is 308 g/mol. The van der Waals surface area contributed by atoms with Gasteiger partial charge in [-0.05, 0) is 31.2 Å². The Bertz CT molecular complexity index is 726. The Hall–Kier alpha value is -1.88. The van der Waals surface area contributed by atoms with Crippen molar-refractivity contribution in [2.24, 2.45) is 0 Å². The van der Waals surface area contributed by atoms with E-state index >= 15 is 0 Å². The Kier molecular flexibility index (Phi) is 3.85. The molecule has 0 atom stereocenters. The lowest BCUT2D eigenvalue weighted by atomic mass is 10.3. The van der Waals surface area contributed by atoms with Gasteiger partial charge in [0.25, 0.3) is 0 Å². The van der Waals surface area contributed by atoms with E-state index in [1.807, 2.05) is 19.1 Å². The number of halogens is 1. The van der Waals surface area contributed by atoms with Gasteiger partial charge in [-0.2, -0.15) is 0 Å². The minimum atomic E-state index is -0.564. The zero-order valence-electron chi connectivity index (χ0n) is 10.5. The average Bonchev–Trinajstić information content (AvgIpc) is 2.36. The van der Waals surface area contributed by atoms with E-state index in [4.69, 9.17) is 0 Å². The summed E-state index contributed by atoms with van der Waals surface area (Å²) in [6.07, 6.45) is 3.19. The predicted octanol–water partition coefficient (Wildman–Crippen LogP) is 2.34. The third-order valence-electron chi connectivity index (χ3n) is 2.60. The Labute approximate surface area is 118 Å². The molecule has 2 rings (SSSR count). The van der Waals surface area contributed by atoms with Gasteiger partial charge in [-0.1, -0.05) is 28.1 Å². The lowest BCUT2D eigenvalue weighted by Gasteiger charge is -2.08. The Morgan fingerprint density at radius 1 is 1.16 bits per heavy atom. The summed E-state index contributed by atoms with van der Waals surface area (Å²) in [5.41, 5.74) is 0.371. The van der Waals surface area contributed by atoms with E-state index in [1.54, 1.807) is 24.5 Å². The van der Waals surface area contributed by atoms with Gasteiger partial charge in [0, 0.05) is 29.1 Å². The fourth-order valence-corrected chi connectivity index (χ4v) is 1.99. The van der Waals surface area contributed by atoms with Crippen LogP contribution in [0.1, 0.15) is 6.92 Å². The normalized spacial score (nSPS) is 10.4. The summed E-state index contributed by atoms with van der Waals surface area (Å²) in [5, 5.41) is 0. The van der Waals surface area contributed by atoms with Crippen molar-refractivity contribution in [3.63, 3.8) is 0 Å². The van der Waals surface area contributed by atoms with Crippen LogP contribution >= 0.6 is 15.9 Å². The van der Waals surface area contributed by atoms with Crippen molar-refractivity contribution in [2.75, 3.05) is 0 Å². The van der Waals surface area contributed by atoms with Crippen LogP contribution in [-0.2, 0) is 6.54 Å². The summed E-state index contributed by atoms with van der Waals surface area (Å²) < 4.78 is 3.61. The van der Waals surface area contributed by atoms with Crippen LogP contribution in [0.25, 0.3) is 5.69 Å². The third kappa shape index (κ3) is 2.93. The molecule has 98 valence electrons. The molecular formula is C14H13BrN2O2. The van der Waals surface area contributed by atoms with E-state index in [1.165, 1.54) is 9.13 Å². The maximum Gasteiger partial charge on any atom is 0.320 e. The number of allylic oxidation sites excluding steroid dienone is 1. The molecule has 0 saturated heterocycles. The SMILES string of the molecule is C=C(C)Cn1ccn(-c2ccc(Br)cc2)c(=O)c1=O. The fourth-order valence-electron chi connectivity index (χ4n) is 1.73. The molecule has 1 heterocycles. The van der Waals surface area contributed by atoms with Crippen LogP contribution < -0.4 is 11.1 Å². The maximum atomic E-state index is 12.0. The van der Waals surface area contributed by atoms with Crippen LogP contribution in [0.15, 0.2) is 62.9 Å². The van der Waals surface area contributed by atoms with Crippen LogP contribution in [0.2, 0.25) is 0 Å². The van der Waals surface area contributed by atoms with Crippen LogP contribution in [-0.4, -0.2) is 9.13 Å². The molecule has 5 heteroatoms. The summed E-state index contributed by atoms with van der Waals surface area (Å²) >= 11 is 3.33. The monoisotopic (exact) mass is 320 g/mol. The van der Waals surface area contributed by atoms with E-state index < -0.39 is 11.1 Å². The predicted molar refractivity (Wildman–Crippen MR) is 78.8 cm³/mol. The maximum absolute atomic E-state index is 12.0. The Morgan fingerprint density at radius 2 is 1.79 bits per heavy atom. The molecule has 0 bridgehead atoms. The minimum absolute atomic E-state index is 0.356. The molecule has 2 aromatic rings. The van der Waals surface area contributed by atoms with E-state index in [-0.39, 0.29) is 0 Å². The van der Waals surface area contributed by atoms with E-state index in [9.17, 15) is 9.59 Å². The number of hydrogen-bond acceptors (Lipinski definition) is 2. The first-order chi connectivity index (χ1) is 8.99. The Morgan fingerprint density at radius 3 is 2.37 bits per heavy atom. The summed E-state index contributed by atoms with van der Waals surface area (Å²) in [5.74, 6) is 0. The second-order valence-corrected chi connectivity index (χ2v) is 5.26. The standard InChI is InChI=1S/C14H13BrN2O2/c1-10(2)9-16-7-8-17(14(19)13(16)18)12-5-3-11(15)4-6-12/h3-8H,1,9H2,2H3. The number of aromatic nitrogens is 2. The summed E-state index contributed by atoms with van der Waals surface area (Å²) in [6, 6.07) is 7.18. The molecule has 0 radical (unpaired) electrons. The van der Waals surface area contributed by atoms with Gasteiger partial charge in [0.15, 0.2) is 0 Å². The van der Waals surface area contributed by atoms with E-state index in [2.05, 4.69) is 22.5 Å². The van der Waals surface area contributed by atoms with Crippen LogP contribution in [0, 0.1) is 0 Å². The van der Waals surface area contributed by atoms with Crippen LogP contribution in [0.5, 0.6) is 0 Å². The topological polar surface area (TPSA) is 44.0 Å². The van der Waals surface area contributed by atoms with Gasteiger partial charge in [0.2, 0.25) is 0 Å². The van der Waals surface area contributed by atoms with Crippen molar-refractivity contribution in [1.82, 2.24) is 9.13 Å².